The smallest absolute Gasteiger partial charge is 0.243 e. The van der Waals surface area contributed by atoms with Crippen LogP contribution in [0, 0.1) is 11.3 Å². The summed E-state index contributed by atoms with van der Waals surface area (Å²) in [6.45, 7) is 4.19. The van der Waals surface area contributed by atoms with Gasteiger partial charge in [0.1, 0.15) is 0 Å². The fourth-order valence-electron chi connectivity index (χ4n) is 1.87. The first kappa shape index (κ1) is 15.5. The number of nitriles is 1. The molecule has 0 atom stereocenters. The highest BCUT2D eigenvalue weighted by atomic mass is 32.2. The van der Waals surface area contributed by atoms with Crippen molar-refractivity contribution in [2.24, 2.45) is 0 Å². The summed E-state index contributed by atoms with van der Waals surface area (Å²) in [6.07, 6.45) is 0.793. The molecule has 5 nitrogen and oxygen atoms in total. The highest BCUT2D eigenvalue weighted by Gasteiger charge is 2.25. The van der Waals surface area contributed by atoms with Crippen LogP contribution >= 0.6 is 0 Å². The van der Waals surface area contributed by atoms with Crippen LogP contribution in [0.25, 0.3) is 0 Å². The van der Waals surface area contributed by atoms with Gasteiger partial charge in [0, 0.05) is 25.2 Å². The van der Waals surface area contributed by atoms with Gasteiger partial charge in [-0.1, -0.05) is 19.9 Å². The van der Waals surface area contributed by atoms with E-state index in [1.54, 1.807) is 19.1 Å². The van der Waals surface area contributed by atoms with E-state index in [0.717, 1.165) is 5.56 Å². The second-order valence-corrected chi connectivity index (χ2v) is 6.03. The molecule has 1 aromatic carbocycles. The Morgan fingerprint density at radius 2 is 2.05 bits per heavy atom. The summed E-state index contributed by atoms with van der Waals surface area (Å²) in [5, 5.41) is 8.60. The molecule has 0 aromatic heterocycles. The molecule has 0 amide bonds. The van der Waals surface area contributed by atoms with Crippen LogP contribution in [0.4, 0.5) is 5.69 Å². The van der Waals surface area contributed by atoms with Gasteiger partial charge >= 0.3 is 0 Å². The van der Waals surface area contributed by atoms with Gasteiger partial charge in [0.15, 0.2) is 0 Å². The lowest BCUT2D eigenvalue weighted by Crippen LogP contribution is -2.32. The summed E-state index contributed by atoms with van der Waals surface area (Å²) in [5.41, 5.74) is 6.85. The summed E-state index contributed by atoms with van der Waals surface area (Å²) in [6, 6.07) is 6.89. The van der Waals surface area contributed by atoms with Crippen LogP contribution in [0.15, 0.2) is 23.1 Å². The van der Waals surface area contributed by atoms with Crippen molar-refractivity contribution in [2.75, 3.05) is 18.8 Å². The van der Waals surface area contributed by atoms with Crippen LogP contribution in [0.3, 0.4) is 0 Å². The van der Waals surface area contributed by atoms with E-state index in [9.17, 15) is 8.42 Å². The lowest BCUT2D eigenvalue weighted by Gasteiger charge is -2.21. The number of hydrogen-bond donors (Lipinski definition) is 1. The van der Waals surface area contributed by atoms with Gasteiger partial charge in [-0.25, -0.2) is 8.42 Å². The second-order valence-electron chi connectivity index (χ2n) is 4.13. The van der Waals surface area contributed by atoms with E-state index in [1.165, 1.54) is 10.4 Å². The zero-order chi connectivity index (χ0) is 14.5. The highest BCUT2D eigenvalue weighted by molar-refractivity contribution is 7.89. The number of aryl methyl sites for hydroxylation is 1. The number of hydrogen-bond acceptors (Lipinski definition) is 4. The molecule has 1 rings (SSSR count). The summed E-state index contributed by atoms with van der Waals surface area (Å²) in [5.74, 6) is 0. The quantitative estimate of drug-likeness (QED) is 0.805. The number of benzene rings is 1. The minimum atomic E-state index is -3.59. The Kier molecular flexibility index (Phi) is 5.33. The molecule has 0 spiro atoms. The molecule has 104 valence electrons. The maximum Gasteiger partial charge on any atom is 0.243 e. The molecular formula is C13H19N3O2S. The Bertz CT molecular complexity index is 576. The minimum Gasteiger partial charge on any atom is -0.399 e. The number of nitrogens with zero attached hydrogens (tertiary/aromatic N) is 2. The van der Waals surface area contributed by atoms with Crippen molar-refractivity contribution in [2.45, 2.75) is 31.6 Å². The molecule has 2 N–H and O–H groups in total. The van der Waals surface area contributed by atoms with E-state index in [0.29, 0.717) is 18.7 Å². The van der Waals surface area contributed by atoms with E-state index in [1.807, 2.05) is 13.0 Å². The molecule has 0 aliphatic rings. The average molecular weight is 281 g/mol. The molecule has 0 saturated carbocycles. The fraction of sp³-hybridized carbons (Fsp3) is 0.462. The largest absolute Gasteiger partial charge is 0.399 e. The highest BCUT2D eigenvalue weighted by Crippen LogP contribution is 2.23. The summed E-state index contributed by atoms with van der Waals surface area (Å²) >= 11 is 0. The third kappa shape index (κ3) is 3.46. The first-order valence-corrected chi connectivity index (χ1v) is 7.66. The number of anilines is 1. The number of nitrogens with two attached hydrogens (primary N) is 1. The lowest BCUT2D eigenvalue weighted by atomic mass is 10.1. The Hall–Kier alpha value is -1.58. The molecule has 6 heteroatoms. The third-order valence-electron chi connectivity index (χ3n) is 2.92. The van der Waals surface area contributed by atoms with Crippen LogP contribution in [-0.2, 0) is 16.4 Å². The van der Waals surface area contributed by atoms with Gasteiger partial charge in [-0.2, -0.15) is 9.57 Å². The van der Waals surface area contributed by atoms with Crippen molar-refractivity contribution in [3.8, 4) is 6.07 Å². The van der Waals surface area contributed by atoms with E-state index >= 15 is 0 Å². The molecule has 0 aliphatic heterocycles. The molecule has 0 unspecified atom stereocenters. The molecule has 0 aliphatic carbocycles. The topological polar surface area (TPSA) is 87.2 Å². The van der Waals surface area contributed by atoms with Crippen molar-refractivity contribution < 1.29 is 8.42 Å². The van der Waals surface area contributed by atoms with Crippen LogP contribution in [-0.4, -0.2) is 25.8 Å². The zero-order valence-electron chi connectivity index (χ0n) is 11.3. The Morgan fingerprint density at radius 1 is 1.37 bits per heavy atom. The molecule has 0 heterocycles. The SMILES string of the molecule is CCc1ccc(N)cc1S(=O)(=O)N(CC)CCC#N. The molecular weight excluding hydrogens is 262 g/mol. The van der Waals surface area contributed by atoms with E-state index in [-0.39, 0.29) is 17.9 Å². The van der Waals surface area contributed by atoms with E-state index in [2.05, 4.69) is 0 Å². The minimum absolute atomic E-state index is 0.177. The van der Waals surface area contributed by atoms with Crippen molar-refractivity contribution in [1.29, 1.82) is 5.26 Å². The van der Waals surface area contributed by atoms with E-state index in [4.69, 9.17) is 11.0 Å². The van der Waals surface area contributed by atoms with Gasteiger partial charge in [0.2, 0.25) is 10.0 Å². The van der Waals surface area contributed by atoms with Crippen molar-refractivity contribution in [3.05, 3.63) is 23.8 Å². The maximum atomic E-state index is 12.6. The molecule has 0 radical (unpaired) electrons. The second kappa shape index (κ2) is 6.55. The fourth-order valence-corrected chi connectivity index (χ4v) is 3.64. The summed E-state index contributed by atoms with van der Waals surface area (Å²) in [4.78, 5) is 0.245. The van der Waals surface area contributed by atoms with Crippen LogP contribution in [0.5, 0.6) is 0 Å². The van der Waals surface area contributed by atoms with Gasteiger partial charge < -0.3 is 5.73 Å². The number of sulfonamides is 1. The van der Waals surface area contributed by atoms with E-state index < -0.39 is 10.0 Å². The predicted octanol–water partition coefficient (Wildman–Crippen LogP) is 1.76. The first-order valence-electron chi connectivity index (χ1n) is 6.22. The monoisotopic (exact) mass is 281 g/mol. The molecule has 1 aromatic rings. The van der Waals surface area contributed by atoms with Gasteiger partial charge in [-0.15, -0.1) is 0 Å². The van der Waals surface area contributed by atoms with Gasteiger partial charge in [-0.05, 0) is 24.1 Å². The van der Waals surface area contributed by atoms with Crippen molar-refractivity contribution >= 4 is 15.7 Å². The first-order chi connectivity index (χ1) is 8.97. The molecule has 0 fully saturated rings. The van der Waals surface area contributed by atoms with Crippen LogP contribution < -0.4 is 5.73 Å². The number of rotatable bonds is 6. The standard InChI is InChI=1S/C13H19N3O2S/c1-3-11-6-7-12(15)10-13(11)19(17,18)16(4-2)9-5-8-14/h6-7,10H,3-5,9,15H2,1-2H3. The third-order valence-corrected chi connectivity index (χ3v) is 4.97. The summed E-state index contributed by atoms with van der Waals surface area (Å²) in [7, 11) is -3.59. The molecule has 19 heavy (non-hydrogen) atoms. The molecule has 0 bridgehead atoms. The number of nitrogen functional groups attached to an aromatic ring is 1. The predicted molar refractivity (Wildman–Crippen MR) is 74.9 cm³/mol. The van der Waals surface area contributed by atoms with Crippen LogP contribution in [0.1, 0.15) is 25.8 Å². The molecule has 0 saturated heterocycles. The Morgan fingerprint density at radius 3 is 2.58 bits per heavy atom. The Balaban J connectivity index is 3.25. The van der Waals surface area contributed by atoms with Gasteiger partial charge in [0.25, 0.3) is 0 Å². The maximum absolute atomic E-state index is 12.6. The summed E-state index contributed by atoms with van der Waals surface area (Å²) < 4.78 is 26.4. The van der Waals surface area contributed by atoms with Crippen molar-refractivity contribution in [3.63, 3.8) is 0 Å². The van der Waals surface area contributed by atoms with Crippen molar-refractivity contribution in [1.82, 2.24) is 4.31 Å². The van der Waals surface area contributed by atoms with Gasteiger partial charge in [-0.3, -0.25) is 0 Å². The van der Waals surface area contributed by atoms with Crippen LogP contribution in [0.2, 0.25) is 0 Å². The average Bonchev–Trinajstić information content (AvgIpc) is 2.39. The Labute approximate surface area is 114 Å². The lowest BCUT2D eigenvalue weighted by molar-refractivity contribution is 0.434. The zero-order valence-corrected chi connectivity index (χ0v) is 12.1. The normalized spacial score (nSPS) is 11.5. The van der Waals surface area contributed by atoms with Gasteiger partial charge in [0.05, 0.1) is 11.0 Å².